The van der Waals surface area contributed by atoms with E-state index in [9.17, 15) is 4.79 Å². The maximum atomic E-state index is 13.3. The molecule has 1 fully saturated rings. The molecule has 0 heterocycles. The number of rotatable bonds is 7. The number of carbonyl (C=O) groups excluding carboxylic acids is 1. The minimum atomic E-state index is 0.00883. The summed E-state index contributed by atoms with van der Waals surface area (Å²) in [6, 6.07) is 12.4. The van der Waals surface area contributed by atoms with Crippen LogP contribution in [0.4, 0.5) is 0 Å². The molecule has 5 heteroatoms. The predicted octanol–water partition coefficient (Wildman–Crippen LogP) is 5.39. The largest absolute Gasteiger partial charge is 0.495 e. The van der Waals surface area contributed by atoms with Crippen LogP contribution in [0.15, 0.2) is 40.9 Å². The Kier molecular flexibility index (Phi) is 6.10. The van der Waals surface area contributed by atoms with Crippen molar-refractivity contribution in [2.75, 3.05) is 14.2 Å². The van der Waals surface area contributed by atoms with Crippen molar-refractivity contribution in [3.8, 4) is 11.5 Å². The van der Waals surface area contributed by atoms with Crippen molar-refractivity contribution in [3.05, 3.63) is 57.6 Å². The van der Waals surface area contributed by atoms with E-state index in [2.05, 4.69) is 54.0 Å². The van der Waals surface area contributed by atoms with Crippen molar-refractivity contribution >= 4 is 21.8 Å². The zero-order valence-corrected chi connectivity index (χ0v) is 17.9. The van der Waals surface area contributed by atoms with Gasteiger partial charge in [0.05, 0.1) is 14.2 Å². The first-order valence-electron chi connectivity index (χ1n) is 9.26. The van der Waals surface area contributed by atoms with E-state index in [-0.39, 0.29) is 5.91 Å². The fourth-order valence-corrected chi connectivity index (χ4v) is 3.67. The van der Waals surface area contributed by atoms with Crippen LogP contribution in [0.3, 0.4) is 0 Å². The molecule has 0 unspecified atom stereocenters. The second-order valence-electron chi connectivity index (χ2n) is 7.26. The normalized spacial score (nSPS) is 13.6. The molecule has 2 aromatic rings. The van der Waals surface area contributed by atoms with Gasteiger partial charge >= 0.3 is 0 Å². The Hall–Kier alpha value is -2.01. The number of hydrogen-bond donors (Lipinski definition) is 0. The van der Waals surface area contributed by atoms with Gasteiger partial charge in [-0.25, -0.2) is 0 Å². The van der Waals surface area contributed by atoms with E-state index in [1.54, 1.807) is 26.4 Å². The average Bonchev–Trinajstić information content (AvgIpc) is 3.51. The Labute approximate surface area is 169 Å². The van der Waals surface area contributed by atoms with E-state index in [0.717, 1.165) is 18.4 Å². The smallest absolute Gasteiger partial charge is 0.254 e. The van der Waals surface area contributed by atoms with Gasteiger partial charge in [-0.3, -0.25) is 4.79 Å². The highest BCUT2D eigenvalue weighted by molar-refractivity contribution is 9.10. The van der Waals surface area contributed by atoms with E-state index >= 15 is 0 Å². The van der Waals surface area contributed by atoms with Crippen molar-refractivity contribution in [1.29, 1.82) is 0 Å². The highest BCUT2D eigenvalue weighted by Gasteiger charge is 2.33. The fraction of sp³-hybridized carbons (Fsp3) is 0.409. The van der Waals surface area contributed by atoms with Gasteiger partial charge in [0.15, 0.2) is 0 Å². The first-order chi connectivity index (χ1) is 12.9. The van der Waals surface area contributed by atoms with Gasteiger partial charge < -0.3 is 14.4 Å². The van der Waals surface area contributed by atoms with Gasteiger partial charge in [-0.15, -0.1) is 0 Å². The Balaban J connectivity index is 1.86. The quantitative estimate of drug-likeness (QED) is 0.589. The first-order valence-corrected chi connectivity index (χ1v) is 10.0. The predicted molar refractivity (Wildman–Crippen MR) is 111 cm³/mol. The topological polar surface area (TPSA) is 38.8 Å². The van der Waals surface area contributed by atoms with Gasteiger partial charge in [0.25, 0.3) is 5.91 Å². The zero-order valence-electron chi connectivity index (χ0n) is 16.3. The molecule has 1 aliphatic rings. The molecule has 0 aromatic heterocycles. The van der Waals surface area contributed by atoms with Crippen molar-refractivity contribution in [2.45, 2.75) is 45.2 Å². The zero-order chi connectivity index (χ0) is 19.6. The minimum Gasteiger partial charge on any atom is -0.495 e. The van der Waals surface area contributed by atoms with Gasteiger partial charge in [0.2, 0.25) is 0 Å². The van der Waals surface area contributed by atoms with Crippen LogP contribution in [-0.2, 0) is 6.54 Å². The third kappa shape index (κ3) is 4.46. The SMILES string of the molecule is COc1cc(C(=O)N(Cc2ccc(C(C)C)cc2)C2CC2)cc(OC)c1Br. The van der Waals surface area contributed by atoms with Crippen LogP contribution in [-0.4, -0.2) is 31.1 Å². The molecule has 0 radical (unpaired) electrons. The molecule has 27 heavy (non-hydrogen) atoms. The summed E-state index contributed by atoms with van der Waals surface area (Å²) >= 11 is 3.46. The lowest BCUT2D eigenvalue weighted by molar-refractivity contribution is 0.0729. The van der Waals surface area contributed by atoms with Gasteiger partial charge in [-0.2, -0.15) is 0 Å². The van der Waals surface area contributed by atoms with E-state index in [1.165, 1.54) is 5.56 Å². The van der Waals surface area contributed by atoms with Crippen molar-refractivity contribution < 1.29 is 14.3 Å². The maximum Gasteiger partial charge on any atom is 0.254 e. The summed E-state index contributed by atoms with van der Waals surface area (Å²) in [5.74, 6) is 1.70. The van der Waals surface area contributed by atoms with E-state index in [4.69, 9.17) is 9.47 Å². The van der Waals surface area contributed by atoms with Gasteiger partial charge in [-0.1, -0.05) is 38.1 Å². The molecule has 0 bridgehead atoms. The van der Waals surface area contributed by atoms with Crippen LogP contribution >= 0.6 is 15.9 Å². The Morgan fingerprint density at radius 2 is 1.67 bits per heavy atom. The summed E-state index contributed by atoms with van der Waals surface area (Å²) in [5, 5.41) is 0. The Morgan fingerprint density at radius 1 is 1.11 bits per heavy atom. The van der Waals surface area contributed by atoms with Gasteiger partial charge in [-0.05, 0) is 57.9 Å². The summed E-state index contributed by atoms with van der Waals surface area (Å²) in [6.45, 7) is 4.98. The number of nitrogens with zero attached hydrogens (tertiary/aromatic N) is 1. The molecule has 3 rings (SSSR count). The number of amides is 1. The molecule has 0 atom stereocenters. The highest BCUT2D eigenvalue weighted by Crippen LogP contribution is 2.37. The average molecular weight is 432 g/mol. The Morgan fingerprint density at radius 3 is 2.11 bits per heavy atom. The van der Waals surface area contributed by atoms with Crippen LogP contribution in [0.2, 0.25) is 0 Å². The minimum absolute atomic E-state index is 0.00883. The number of ether oxygens (including phenoxy) is 2. The number of carbonyl (C=O) groups is 1. The lowest BCUT2D eigenvalue weighted by Crippen LogP contribution is -2.32. The second kappa shape index (κ2) is 8.34. The van der Waals surface area contributed by atoms with Gasteiger partial charge in [0.1, 0.15) is 16.0 Å². The van der Waals surface area contributed by atoms with Crippen LogP contribution < -0.4 is 9.47 Å². The number of hydrogen-bond acceptors (Lipinski definition) is 3. The van der Waals surface area contributed by atoms with Gasteiger partial charge in [0, 0.05) is 18.2 Å². The third-order valence-corrected chi connectivity index (χ3v) is 5.72. The van der Waals surface area contributed by atoms with Crippen LogP contribution in [0.25, 0.3) is 0 Å². The van der Waals surface area contributed by atoms with Crippen molar-refractivity contribution in [2.24, 2.45) is 0 Å². The molecule has 0 spiro atoms. The summed E-state index contributed by atoms with van der Waals surface area (Å²) in [4.78, 5) is 15.2. The summed E-state index contributed by atoms with van der Waals surface area (Å²) < 4.78 is 11.5. The molecule has 1 aliphatic carbocycles. The second-order valence-corrected chi connectivity index (χ2v) is 8.05. The highest BCUT2D eigenvalue weighted by atomic mass is 79.9. The van der Waals surface area contributed by atoms with Crippen LogP contribution in [0.5, 0.6) is 11.5 Å². The van der Waals surface area contributed by atoms with Crippen molar-refractivity contribution in [1.82, 2.24) is 4.90 Å². The molecule has 1 amide bonds. The van der Waals surface area contributed by atoms with E-state index < -0.39 is 0 Å². The van der Waals surface area contributed by atoms with Crippen molar-refractivity contribution in [3.63, 3.8) is 0 Å². The molecular formula is C22H26BrNO3. The lowest BCUT2D eigenvalue weighted by atomic mass is 10.0. The summed E-state index contributed by atoms with van der Waals surface area (Å²) in [6.07, 6.45) is 2.11. The summed E-state index contributed by atoms with van der Waals surface area (Å²) in [5.41, 5.74) is 3.04. The first kappa shape index (κ1) is 19.7. The van der Waals surface area contributed by atoms with E-state index in [1.807, 2.05) is 4.90 Å². The molecule has 4 nitrogen and oxygen atoms in total. The molecule has 1 saturated carbocycles. The molecule has 0 saturated heterocycles. The molecule has 144 valence electrons. The van der Waals surface area contributed by atoms with Crippen LogP contribution in [0, 0.1) is 0 Å². The molecular weight excluding hydrogens is 406 g/mol. The lowest BCUT2D eigenvalue weighted by Gasteiger charge is -2.24. The monoisotopic (exact) mass is 431 g/mol. The van der Waals surface area contributed by atoms with Crippen LogP contribution in [0.1, 0.15) is 54.1 Å². The Bertz CT molecular complexity index is 788. The maximum absolute atomic E-state index is 13.3. The number of benzene rings is 2. The number of methoxy groups -OCH3 is 2. The number of halogens is 1. The standard InChI is InChI=1S/C22H26BrNO3/c1-14(2)16-7-5-15(6-8-16)13-24(18-9-10-18)22(25)17-11-19(26-3)21(23)20(12-17)27-4/h5-8,11-12,14,18H,9-10,13H2,1-4H3. The molecule has 0 N–H and O–H groups in total. The fourth-order valence-electron chi connectivity index (χ4n) is 3.12. The van der Waals surface area contributed by atoms with E-state index in [0.29, 0.717) is 40.0 Å². The molecule has 0 aliphatic heterocycles. The third-order valence-electron chi connectivity index (χ3n) is 4.94. The molecule has 2 aromatic carbocycles. The summed E-state index contributed by atoms with van der Waals surface area (Å²) in [7, 11) is 3.17.